The van der Waals surface area contributed by atoms with E-state index in [-0.39, 0.29) is 5.91 Å². The fourth-order valence-electron chi connectivity index (χ4n) is 2.90. The van der Waals surface area contributed by atoms with Gasteiger partial charge in [-0.15, -0.1) is 11.3 Å². The third-order valence-electron chi connectivity index (χ3n) is 3.89. The first-order valence-corrected chi connectivity index (χ1v) is 8.41. The minimum atomic E-state index is 0.0655. The molecule has 1 aliphatic heterocycles. The molecule has 21 heavy (non-hydrogen) atoms. The van der Waals surface area contributed by atoms with Crippen LogP contribution in [-0.2, 0) is 4.79 Å². The van der Waals surface area contributed by atoms with Gasteiger partial charge in [-0.05, 0) is 35.7 Å². The van der Waals surface area contributed by atoms with Crippen LogP contribution in [0.15, 0.2) is 41.8 Å². The first kappa shape index (κ1) is 14.6. The molecule has 0 saturated carbocycles. The van der Waals surface area contributed by atoms with Gasteiger partial charge in [0.2, 0.25) is 0 Å². The van der Waals surface area contributed by atoms with E-state index in [1.54, 1.807) is 23.5 Å². The van der Waals surface area contributed by atoms with Crippen molar-refractivity contribution in [2.75, 3.05) is 18.4 Å². The number of benzene rings is 1. The molecule has 2 aromatic rings. The van der Waals surface area contributed by atoms with E-state index in [1.165, 1.54) is 22.6 Å². The lowest BCUT2D eigenvalue weighted by molar-refractivity contribution is -0.910. The fraction of sp³-hybridized carbons (Fsp3) is 0.312. The molecule has 2 N–H and O–H groups in total. The molecule has 3 rings (SSSR count). The predicted molar refractivity (Wildman–Crippen MR) is 87.1 cm³/mol. The SMILES string of the molecule is O=C(C[NH+]1CCC[C@H]1c1cccs1)Nc1ccc(Cl)cc1. The van der Waals surface area contributed by atoms with Gasteiger partial charge in [-0.1, -0.05) is 17.7 Å². The molecule has 1 aliphatic rings. The van der Waals surface area contributed by atoms with Crippen molar-refractivity contribution in [1.82, 2.24) is 0 Å². The number of carbonyl (C=O) groups is 1. The summed E-state index contributed by atoms with van der Waals surface area (Å²) in [5.74, 6) is 0.0655. The maximum atomic E-state index is 12.2. The number of thiophene rings is 1. The van der Waals surface area contributed by atoms with E-state index in [2.05, 4.69) is 22.8 Å². The van der Waals surface area contributed by atoms with Crippen molar-refractivity contribution in [3.63, 3.8) is 0 Å². The molecule has 1 aromatic carbocycles. The van der Waals surface area contributed by atoms with Crippen LogP contribution in [0, 0.1) is 0 Å². The second kappa shape index (κ2) is 6.60. The average molecular weight is 322 g/mol. The lowest BCUT2D eigenvalue weighted by Crippen LogP contribution is -3.11. The van der Waals surface area contributed by atoms with Gasteiger partial charge in [0.05, 0.1) is 11.4 Å². The zero-order valence-electron chi connectivity index (χ0n) is 11.6. The van der Waals surface area contributed by atoms with Gasteiger partial charge in [-0.2, -0.15) is 0 Å². The molecule has 3 nitrogen and oxygen atoms in total. The number of nitrogens with one attached hydrogen (secondary N) is 2. The van der Waals surface area contributed by atoms with Crippen molar-refractivity contribution in [2.45, 2.75) is 18.9 Å². The Morgan fingerprint density at radius 2 is 2.14 bits per heavy atom. The number of rotatable bonds is 4. The Morgan fingerprint density at radius 1 is 1.33 bits per heavy atom. The van der Waals surface area contributed by atoms with Gasteiger partial charge < -0.3 is 10.2 Å². The van der Waals surface area contributed by atoms with Gasteiger partial charge in [0.1, 0.15) is 6.04 Å². The molecule has 0 aliphatic carbocycles. The van der Waals surface area contributed by atoms with Crippen molar-refractivity contribution in [3.8, 4) is 0 Å². The number of likely N-dealkylation sites (tertiary alicyclic amines) is 1. The molecular weight excluding hydrogens is 304 g/mol. The zero-order chi connectivity index (χ0) is 14.7. The summed E-state index contributed by atoms with van der Waals surface area (Å²) in [5, 5.41) is 5.73. The molecule has 5 heteroatoms. The van der Waals surface area contributed by atoms with Crippen molar-refractivity contribution in [3.05, 3.63) is 51.7 Å². The minimum absolute atomic E-state index is 0.0655. The maximum absolute atomic E-state index is 12.2. The Labute approximate surface area is 133 Å². The van der Waals surface area contributed by atoms with Crippen LogP contribution in [0.3, 0.4) is 0 Å². The molecule has 1 amide bonds. The number of hydrogen-bond donors (Lipinski definition) is 2. The molecule has 0 bridgehead atoms. The number of halogens is 1. The summed E-state index contributed by atoms with van der Waals surface area (Å²) in [4.78, 5) is 15.0. The number of anilines is 1. The molecule has 0 spiro atoms. The van der Waals surface area contributed by atoms with Crippen LogP contribution >= 0.6 is 22.9 Å². The first-order valence-electron chi connectivity index (χ1n) is 7.16. The predicted octanol–water partition coefficient (Wildman–Crippen LogP) is 2.76. The van der Waals surface area contributed by atoms with Crippen LogP contribution < -0.4 is 10.2 Å². The second-order valence-corrected chi connectivity index (χ2v) is 6.77. The van der Waals surface area contributed by atoms with Gasteiger partial charge in [-0.25, -0.2) is 0 Å². The third kappa shape index (κ3) is 3.64. The molecular formula is C16H18ClN2OS+. The molecule has 1 aromatic heterocycles. The van der Waals surface area contributed by atoms with Gasteiger partial charge >= 0.3 is 0 Å². The van der Waals surface area contributed by atoms with Gasteiger partial charge in [-0.3, -0.25) is 4.79 Å². The van der Waals surface area contributed by atoms with E-state index in [0.717, 1.165) is 12.2 Å². The normalized spacial score (nSPS) is 21.4. The summed E-state index contributed by atoms with van der Waals surface area (Å²) in [7, 11) is 0. The summed E-state index contributed by atoms with van der Waals surface area (Å²) in [6.07, 6.45) is 2.36. The number of carbonyl (C=O) groups excluding carboxylic acids is 1. The zero-order valence-corrected chi connectivity index (χ0v) is 13.2. The Kier molecular flexibility index (Phi) is 4.58. The van der Waals surface area contributed by atoms with Crippen LogP contribution in [0.1, 0.15) is 23.8 Å². The lowest BCUT2D eigenvalue weighted by atomic mass is 10.2. The fourth-order valence-corrected chi connectivity index (χ4v) is 3.95. The van der Waals surface area contributed by atoms with E-state index < -0.39 is 0 Å². The highest BCUT2D eigenvalue weighted by atomic mass is 35.5. The monoisotopic (exact) mass is 321 g/mol. The molecule has 2 heterocycles. The highest BCUT2D eigenvalue weighted by molar-refractivity contribution is 7.10. The van der Waals surface area contributed by atoms with E-state index in [9.17, 15) is 4.79 Å². The maximum Gasteiger partial charge on any atom is 0.279 e. The first-order chi connectivity index (χ1) is 10.2. The quantitative estimate of drug-likeness (QED) is 0.892. The van der Waals surface area contributed by atoms with Crippen molar-refractivity contribution >= 4 is 34.5 Å². The van der Waals surface area contributed by atoms with Crippen LogP contribution in [-0.4, -0.2) is 19.0 Å². The highest BCUT2D eigenvalue weighted by Crippen LogP contribution is 2.23. The molecule has 110 valence electrons. The van der Waals surface area contributed by atoms with Crippen LogP contribution in [0.25, 0.3) is 0 Å². The summed E-state index contributed by atoms with van der Waals surface area (Å²) in [5.41, 5.74) is 0.802. The molecule has 1 saturated heterocycles. The summed E-state index contributed by atoms with van der Waals surface area (Å²) >= 11 is 7.64. The van der Waals surface area contributed by atoms with Crippen molar-refractivity contribution in [2.24, 2.45) is 0 Å². The minimum Gasteiger partial charge on any atom is -0.321 e. The standard InChI is InChI=1S/C16H17ClN2OS/c17-12-5-7-13(8-6-12)18-16(20)11-19-9-1-3-14(19)15-4-2-10-21-15/h2,4-8,10,14H,1,3,9,11H2,(H,18,20)/p+1/t14-/m0/s1. The van der Waals surface area contributed by atoms with Gasteiger partial charge in [0.25, 0.3) is 5.91 Å². The smallest absolute Gasteiger partial charge is 0.279 e. The Morgan fingerprint density at radius 3 is 2.86 bits per heavy atom. The second-order valence-electron chi connectivity index (χ2n) is 5.35. The summed E-state index contributed by atoms with van der Waals surface area (Å²) in [6, 6.07) is 12.0. The van der Waals surface area contributed by atoms with Crippen LogP contribution in [0.5, 0.6) is 0 Å². The van der Waals surface area contributed by atoms with E-state index >= 15 is 0 Å². The van der Waals surface area contributed by atoms with E-state index in [1.807, 2.05) is 12.1 Å². The van der Waals surface area contributed by atoms with Gasteiger partial charge in [0.15, 0.2) is 6.54 Å². The topological polar surface area (TPSA) is 33.5 Å². The molecule has 1 fully saturated rings. The average Bonchev–Trinajstić information content (AvgIpc) is 3.11. The number of amides is 1. The molecule has 0 radical (unpaired) electrons. The van der Waals surface area contributed by atoms with Gasteiger partial charge in [0, 0.05) is 23.6 Å². The third-order valence-corrected chi connectivity index (χ3v) is 5.12. The summed E-state index contributed by atoms with van der Waals surface area (Å²) in [6.45, 7) is 1.59. The lowest BCUT2D eigenvalue weighted by Gasteiger charge is -2.20. The Bertz CT molecular complexity index is 597. The Hall–Kier alpha value is -1.36. The number of hydrogen-bond acceptors (Lipinski definition) is 2. The Balaban J connectivity index is 1.60. The highest BCUT2D eigenvalue weighted by Gasteiger charge is 2.32. The molecule has 2 atom stereocenters. The van der Waals surface area contributed by atoms with Crippen LogP contribution in [0.2, 0.25) is 5.02 Å². The van der Waals surface area contributed by atoms with Crippen molar-refractivity contribution < 1.29 is 9.69 Å². The summed E-state index contributed by atoms with van der Waals surface area (Å²) < 4.78 is 0. The van der Waals surface area contributed by atoms with E-state index in [4.69, 9.17) is 11.6 Å². The largest absolute Gasteiger partial charge is 0.321 e. The number of quaternary nitrogens is 1. The van der Waals surface area contributed by atoms with E-state index in [0.29, 0.717) is 17.6 Å². The molecule has 1 unspecified atom stereocenters. The van der Waals surface area contributed by atoms with Crippen molar-refractivity contribution in [1.29, 1.82) is 0 Å². The van der Waals surface area contributed by atoms with Crippen LogP contribution in [0.4, 0.5) is 5.69 Å².